The van der Waals surface area contributed by atoms with Gasteiger partial charge in [0, 0.05) is 26.3 Å². The van der Waals surface area contributed by atoms with Gasteiger partial charge < -0.3 is 15.8 Å². The molecule has 5 heteroatoms. The van der Waals surface area contributed by atoms with Crippen molar-refractivity contribution in [2.24, 2.45) is 5.41 Å². The molecule has 0 atom stereocenters. The Morgan fingerprint density at radius 2 is 2.31 bits per heavy atom. The Labute approximate surface area is 95.4 Å². The number of hydrogen-bond acceptors (Lipinski definition) is 5. The van der Waals surface area contributed by atoms with Crippen molar-refractivity contribution in [2.45, 2.75) is 19.3 Å². The Hall–Kier alpha value is -1.36. The Kier molecular flexibility index (Phi) is 3.24. The molecule has 1 aromatic heterocycles. The lowest BCUT2D eigenvalue weighted by Crippen LogP contribution is -2.18. The molecule has 1 aliphatic rings. The lowest BCUT2D eigenvalue weighted by Gasteiger charge is -2.15. The molecule has 88 valence electrons. The van der Waals surface area contributed by atoms with Gasteiger partial charge in [-0.25, -0.2) is 9.97 Å². The van der Waals surface area contributed by atoms with Crippen LogP contribution in [0.1, 0.15) is 19.3 Å². The van der Waals surface area contributed by atoms with Crippen LogP contribution in [-0.4, -0.2) is 30.2 Å². The van der Waals surface area contributed by atoms with Crippen molar-refractivity contribution >= 4 is 11.6 Å². The lowest BCUT2D eigenvalue weighted by molar-refractivity contribution is 0.175. The highest BCUT2D eigenvalue weighted by Crippen LogP contribution is 2.48. The van der Waals surface area contributed by atoms with E-state index in [-0.39, 0.29) is 0 Å². The van der Waals surface area contributed by atoms with Gasteiger partial charge in [0.1, 0.15) is 18.0 Å². The van der Waals surface area contributed by atoms with Crippen molar-refractivity contribution in [3.05, 3.63) is 12.4 Å². The van der Waals surface area contributed by atoms with Crippen molar-refractivity contribution in [1.29, 1.82) is 0 Å². The topological polar surface area (TPSA) is 73.1 Å². The summed E-state index contributed by atoms with van der Waals surface area (Å²) in [6.45, 7) is 1.76. The van der Waals surface area contributed by atoms with Crippen LogP contribution < -0.4 is 11.1 Å². The molecule has 0 aromatic carbocycles. The molecule has 1 saturated carbocycles. The zero-order valence-electron chi connectivity index (χ0n) is 9.57. The molecule has 0 aliphatic heterocycles. The van der Waals surface area contributed by atoms with Gasteiger partial charge in [0.15, 0.2) is 0 Å². The molecular formula is C11H18N4O. The number of nitrogens with two attached hydrogens (primary N) is 1. The number of nitrogens with zero attached hydrogens (tertiary/aromatic N) is 2. The van der Waals surface area contributed by atoms with Crippen molar-refractivity contribution in [2.75, 3.05) is 31.3 Å². The molecule has 2 rings (SSSR count). The summed E-state index contributed by atoms with van der Waals surface area (Å²) in [4.78, 5) is 7.97. The van der Waals surface area contributed by atoms with Gasteiger partial charge in [0.2, 0.25) is 0 Å². The third-order valence-electron chi connectivity index (χ3n) is 3.13. The third-order valence-corrected chi connectivity index (χ3v) is 3.13. The van der Waals surface area contributed by atoms with Crippen LogP contribution in [0.15, 0.2) is 12.4 Å². The van der Waals surface area contributed by atoms with Crippen LogP contribution in [0.25, 0.3) is 0 Å². The fourth-order valence-electron chi connectivity index (χ4n) is 1.76. The van der Waals surface area contributed by atoms with E-state index in [0.717, 1.165) is 25.4 Å². The standard InChI is InChI=1S/C11H18N4O/c1-16-5-4-11(2-3-11)7-13-10-6-9(12)14-8-15-10/h6,8H,2-5,7H2,1H3,(H3,12,13,14,15). The quantitative estimate of drug-likeness (QED) is 0.758. The summed E-state index contributed by atoms with van der Waals surface area (Å²) in [5.74, 6) is 1.30. The molecule has 5 nitrogen and oxygen atoms in total. The van der Waals surface area contributed by atoms with Gasteiger partial charge in [-0.1, -0.05) is 0 Å². The van der Waals surface area contributed by atoms with Crippen molar-refractivity contribution < 1.29 is 4.74 Å². The van der Waals surface area contributed by atoms with E-state index in [9.17, 15) is 0 Å². The molecule has 0 bridgehead atoms. The van der Waals surface area contributed by atoms with E-state index in [0.29, 0.717) is 11.2 Å². The number of hydrogen-bond donors (Lipinski definition) is 2. The highest BCUT2D eigenvalue weighted by Gasteiger charge is 2.41. The van der Waals surface area contributed by atoms with Crippen molar-refractivity contribution in [3.8, 4) is 0 Å². The number of nitrogen functional groups attached to an aromatic ring is 1. The summed E-state index contributed by atoms with van der Waals surface area (Å²) >= 11 is 0. The van der Waals surface area contributed by atoms with E-state index in [2.05, 4.69) is 15.3 Å². The number of rotatable bonds is 6. The fraction of sp³-hybridized carbons (Fsp3) is 0.636. The first-order chi connectivity index (χ1) is 7.74. The maximum Gasteiger partial charge on any atom is 0.131 e. The summed E-state index contributed by atoms with van der Waals surface area (Å²) in [7, 11) is 1.74. The molecule has 0 unspecified atom stereocenters. The summed E-state index contributed by atoms with van der Waals surface area (Å²) in [5.41, 5.74) is 6.00. The first kappa shape index (κ1) is 11.1. The Bertz CT molecular complexity index is 352. The van der Waals surface area contributed by atoms with E-state index in [1.54, 1.807) is 13.2 Å². The monoisotopic (exact) mass is 222 g/mol. The maximum atomic E-state index is 5.58. The minimum atomic E-state index is 0.412. The van der Waals surface area contributed by atoms with Crippen LogP contribution >= 0.6 is 0 Å². The minimum Gasteiger partial charge on any atom is -0.385 e. The van der Waals surface area contributed by atoms with Gasteiger partial charge in [-0.3, -0.25) is 0 Å². The Morgan fingerprint density at radius 1 is 1.50 bits per heavy atom. The second-order valence-corrected chi connectivity index (χ2v) is 4.42. The fourth-order valence-corrected chi connectivity index (χ4v) is 1.76. The number of aromatic nitrogens is 2. The lowest BCUT2D eigenvalue weighted by atomic mass is 10.0. The second kappa shape index (κ2) is 4.65. The molecule has 1 heterocycles. The van der Waals surface area contributed by atoms with E-state index in [1.165, 1.54) is 19.2 Å². The van der Waals surface area contributed by atoms with Crippen LogP contribution in [0.3, 0.4) is 0 Å². The van der Waals surface area contributed by atoms with Crippen molar-refractivity contribution in [1.82, 2.24) is 9.97 Å². The highest BCUT2D eigenvalue weighted by molar-refractivity contribution is 5.43. The van der Waals surface area contributed by atoms with Gasteiger partial charge in [-0.15, -0.1) is 0 Å². The SMILES string of the molecule is COCCC1(CNc2cc(N)ncn2)CC1. The van der Waals surface area contributed by atoms with Crippen LogP contribution in [-0.2, 0) is 4.74 Å². The summed E-state index contributed by atoms with van der Waals surface area (Å²) in [5, 5.41) is 3.31. The summed E-state index contributed by atoms with van der Waals surface area (Å²) in [6.07, 6.45) is 5.12. The average Bonchev–Trinajstić information content (AvgIpc) is 3.05. The maximum absolute atomic E-state index is 5.58. The van der Waals surface area contributed by atoms with Crippen LogP contribution in [0.4, 0.5) is 11.6 Å². The number of anilines is 2. The predicted molar refractivity (Wildman–Crippen MR) is 63.1 cm³/mol. The molecule has 0 amide bonds. The Balaban J connectivity index is 1.83. The van der Waals surface area contributed by atoms with Crippen LogP contribution in [0.5, 0.6) is 0 Å². The molecule has 1 aliphatic carbocycles. The predicted octanol–water partition coefficient (Wildman–Crippen LogP) is 1.29. The molecule has 1 fully saturated rings. The van der Waals surface area contributed by atoms with Crippen molar-refractivity contribution in [3.63, 3.8) is 0 Å². The van der Waals surface area contributed by atoms with E-state index >= 15 is 0 Å². The normalized spacial score (nSPS) is 17.1. The van der Waals surface area contributed by atoms with Gasteiger partial charge in [-0.2, -0.15) is 0 Å². The molecular weight excluding hydrogens is 204 g/mol. The van der Waals surface area contributed by atoms with E-state index in [4.69, 9.17) is 10.5 Å². The Morgan fingerprint density at radius 3 is 2.94 bits per heavy atom. The summed E-state index contributed by atoms with van der Waals surface area (Å²) < 4.78 is 5.12. The van der Waals surface area contributed by atoms with Gasteiger partial charge >= 0.3 is 0 Å². The first-order valence-electron chi connectivity index (χ1n) is 5.54. The number of ether oxygens (including phenoxy) is 1. The second-order valence-electron chi connectivity index (χ2n) is 4.42. The smallest absolute Gasteiger partial charge is 0.131 e. The van der Waals surface area contributed by atoms with Gasteiger partial charge in [0.05, 0.1) is 0 Å². The molecule has 16 heavy (non-hydrogen) atoms. The van der Waals surface area contributed by atoms with Gasteiger partial charge in [0.25, 0.3) is 0 Å². The molecule has 0 saturated heterocycles. The third kappa shape index (κ3) is 2.82. The first-order valence-corrected chi connectivity index (χ1v) is 5.54. The zero-order chi connectivity index (χ0) is 11.4. The zero-order valence-corrected chi connectivity index (χ0v) is 9.57. The molecule has 0 spiro atoms. The van der Waals surface area contributed by atoms with Crippen LogP contribution in [0.2, 0.25) is 0 Å². The minimum absolute atomic E-state index is 0.412. The largest absolute Gasteiger partial charge is 0.385 e. The van der Waals surface area contributed by atoms with E-state index < -0.39 is 0 Å². The molecule has 3 N–H and O–H groups in total. The molecule has 1 aromatic rings. The number of methoxy groups -OCH3 is 1. The number of nitrogens with one attached hydrogen (secondary N) is 1. The molecule has 0 radical (unpaired) electrons. The average molecular weight is 222 g/mol. The van der Waals surface area contributed by atoms with Gasteiger partial charge in [-0.05, 0) is 24.7 Å². The summed E-state index contributed by atoms with van der Waals surface area (Å²) in [6, 6.07) is 1.76. The van der Waals surface area contributed by atoms with E-state index in [1.807, 2.05) is 0 Å². The highest BCUT2D eigenvalue weighted by atomic mass is 16.5. The van der Waals surface area contributed by atoms with Crippen LogP contribution in [0, 0.1) is 5.41 Å².